The summed E-state index contributed by atoms with van der Waals surface area (Å²) in [5, 5.41) is 10.2. The monoisotopic (exact) mass is 388 g/mol. The van der Waals surface area contributed by atoms with Crippen LogP contribution in [0.5, 0.6) is 0 Å². The fourth-order valence-corrected chi connectivity index (χ4v) is 7.25. The minimum atomic E-state index is -4.90. The Hall–Kier alpha value is -0.820. The number of halogens is 3. The summed E-state index contributed by atoms with van der Waals surface area (Å²) in [5.74, 6) is -2.25. The second-order valence-corrected chi connectivity index (χ2v) is 9.86. The normalized spacial score (nSPS) is 55.9. The lowest BCUT2D eigenvalue weighted by molar-refractivity contribution is -0.359. The molecule has 4 nitrogen and oxygen atoms in total. The average molecular weight is 388 g/mol. The zero-order chi connectivity index (χ0) is 19.4. The average Bonchev–Trinajstić information content (AvgIpc) is 3.33. The molecule has 1 aliphatic heterocycles. The minimum Gasteiger partial charge on any atom is -0.456 e. The molecule has 1 N–H and O–H groups in total. The van der Waals surface area contributed by atoms with Gasteiger partial charge in [0, 0.05) is 5.92 Å². The lowest BCUT2D eigenvalue weighted by Crippen LogP contribution is -2.50. The third-order valence-electron chi connectivity index (χ3n) is 8.84. The van der Waals surface area contributed by atoms with Gasteiger partial charge in [0.1, 0.15) is 11.7 Å². The van der Waals surface area contributed by atoms with E-state index in [0.29, 0.717) is 17.8 Å². The lowest BCUT2D eigenvalue weighted by atomic mass is 9.75. The number of carbonyl (C=O) groups is 1. The van der Waals surface area contributed by atoms with Gasteiger partial charge in [-0.05, 0) is 61.7 Å². The van der Waals surface area contributed by atoms with Crippen molar-refractivity contribution in [3.8, 4) is 0 Å². The number of alkyl halides is 3. The highest BCUT2D eigenvalue weighted by Crippen LogP contribution is 2.64. The van der Waals surface area contributed by atoms with Crippen molar-refractivity contribution in [1.82, 2.24) is 0 Å². The van der Waals surface area contributed by atoms with Crippen molar-refractivity contribution in [3.63, 3.8) is 0 Å². The molecule has 4 saturated carbocycles. The largest absolute Gasteiger partial charge is 0.456 e. The summed E-state index contributed by atoms with van der Waals surface area (Å²) >= 11 is 0. The third-order valence-corrected chi connectivity index (χ3v) is 8.84. The maximum absolute atomic E-state index is 13.4. The molecule has 5 rings (SSSR count). The zero-order valence-electron chi connectivity index (χ0n) is 15.7. The van der Waals surface area contributed by atoms with Crippen LogP contribution < -0.4 is 0 Å². The second kappa shape index (κ2) is 5.41. The van der Waals surface area contributed by atoms with Crippen LogP contribution in [0.4, 0.5) is 13.2 Å². The number of ether oxygens (including phenoxy) is 2. The van der Waals surface area contributed by atoms with Crippen molar-refractivity contribution in [2.24, 2.45) is 41.4 Å². The van der Waals surface area contributed by atoms with E-state index in [-0.39, 0.29) is 29.6 Å². The predicted molar refractivity (Wildman–Crippen MR) is 88.2 cm³/mol. The Morgan fingerprint density at radius 2 is 1.85 bits per heavy atom. The Balaban J connectivity index is 1.41. The zero-order valence-corrected chi connectivity index (χ0v) is 15.7. The van der Waals surface area contributed by atoms with Gasteiger partial charge in [-0.15, -0.1) is 0 Å². The van der Waals surface area contributed by atoms with Crippen molar-refractivity contribution >= 4 is 5.97 Å². The van der Waals surface area contributed by atoms with Crippen LogP contribution in [0.15, 0.2) is 0 Å². The lowest BCUT2D eigenvalue weighted by Gasteiger charge is -2.39. The van der Waals surface area contributed by atoms with E-state index < -0.39 is 30.1 Å². The van der Waals surface area contributed by atoms with Crippen LogP contribution in [0.3, 0.4) is 0 Å². The van der Waals surface area contributed by atoms with Gasteiger partial charge < -0.3 is 14.6 Å². The van der Waals surface area contributed by atoms with Gasteiger partial charge in [0.15, 0.2) is 0 Å². The Morgan fingerprint density at radius 3 is 2.48 bits per heavy atom. The summed E-state index contributed by atoms with van der Waals surface area (Å²) in [7, 11) is 0. The number of hydrogen-bond acceptors (Lipinski definition) is 4. The Bertz CT molecular complexity index is 664. The Labute approximate surface area is 156 Å². The molecule has 152 valence electrons. The molecule has 1 heterocycles. The quantitative estimate of drug-likeness (QED) is 0.734. The standard InChI is InChI=1S/C20H27F3O4/c1-9-10(2)14-6-12(9)7-15(14)17(24)27-18-8-19(25,20(21,22)23)26-16(18)11-3-4-13(18)5-11/h9-16,25H,3-8H2,1-2H3. The van der Waals surface area contributed by atoms with Crippen LogP contribution >= 0.6 is 0 Å². The summed E-state index contributed by atoms with van der Waals surface area (Å²) in [6.07, 6.45) is -2.43. The molecule has 0 aromatic rings. The van der Waals surface area contributed by atoms with Gasteiger partial charge in [0.05, 0.1) is 12.3 Å². The van der Waals surface area contributed by atoms with Gasteiger partial charge in [0.2, 0.25) is 0 Å². The molecule has 10 atom stereocenters. The van der Waals surface area contributed by atoms with E-state index in [4.69, 9.17) is 9.47 Å². The van der Waals surface area contributed by atoms with Gasteiger partial charge in [0.25, 0.3) is 5.79 Å². The number of esters is 1. The molecule has 0 aromatic carbocycles. The van der Waals surface area contributed by atoms with Crippen LogP contribution in [0, 0.1) is 41.4 Å². The fraction of sp³-hybridized carbons (Fsp3) is 0.950. The first kappa shape index (κ1) is 18.2. The molecular formula is C20H27F3O4. The van der Waals surface area contributed by atoms with Crippen molar-refractivity contribution < 1.29 is 32.5 Å². The molecule has 0 radical (unpaired) electrons. The number of carbonyl (C=O) groups excluding carboxylic acids is 1. The van der Waals surface area contributed by atoms with Gasteiger partial charge >= 0.3 is 12.1 Å². The molecule has 1 saturated heterocycles. The van der Waals surface area contributed by atoms with Gasteiger partial charge in [-0.3, -0.25) is 4.79 Å². The highest BCUT2D eigenvalue weighted by molar-refractivity contribution is 5.74. The maximum atomic E-state index is 13.4. The molecule has 10 unspecified atom stereocenters. The topological polar surface area (TPSA) is 55.8 Å². The molecule has 4 aliphatic carbocycles. The molecule has 0 aromatic heterocycles. The minimum absolute atomic E-state index is 0.0712. The van der Waals surface area contributed by atoms with Crippen LogP contribution in [0.1, 0.15) is 52.4 Å². The number of fused-ring (bicyclic) bond motifs is 7. The van der Waals surface area contributed by atoms with Crippen molar-refractivity contribution in [2.45, 2.75) is 76.0 Å². The number of hydrogen-bond donors (Lipinski definition) is 1. The van der Waals surface area contributed by atoms with Gasteiger partial charge in [-0.25, -0.2) is 0 Å². The van der Waals surface area contributed by atoms with E-state index in [1.807, 2.05) is 0 Å². The van der Waals surface area contributed by atoms with Crippen molar-refractivity contribution in [1.29, 1.82) is 0 Å². The molecular weight excluding hydrogens is 361 g/mol. The molecule has 5 fully saturated rings. The first-order chi connectivity index (χ1) is 12.6. The summed E-state index contributed by atoms with van der Waals surface area (Å²) < 4.78 is 51.4. The smallest absolute Gasteiger partial charge is 0.443 e. The van der Waals surface area contributed by atoms with Gasteiger partial charge in [-0.2, -0.15) is 13.2 Å². The summed E-state index contributed by atoms with van der Waals surface area (Å²) in [4.78, 5) is 13.1. The molecule has 4 bridgehead atoms. The van der Waals surface area contributed by atoms with E-state index in [1.54, 1.807) is 0 Å². The molecule has 0 spiro atoms. The Morgan fingerprint density at radius 1 is 1.11 bits per heavy atom. The molecule has 7 heteroatoms. The first-order valence-electron chi connectivity index (χ1n) is 10.3. The van der Waals surface area contributed by atoms with E-state index in [9.17, 15) is 23.1 Å². The first-order valence-corrected chi connectivity index (χ1v) is 10.3. The van der Waals surface area contributed by atoms with Crippen molar-refractivity contribution in [3.05, 3.63) is 0 Å². The van der Waals surface area contributed by atoms with E-state index in [2.05, 4.69) is 13.8 Å². The maximum Gasteiger partial charge on any atom is 0.443 e. The highest BCUT2D eigenvalue weighted by Gasteiger charge is 2.75. The third kappa shape index (κ3) is 2.27. The molecule has 5 aliphatic rings. The van der Waals surface area contributed by atoms with Gasteiger partial charge in [-0.1, -0.05) is 13.8 Å². The van der Waals surface area contributed by atoms with Crippen LogP contribution in [0.2, 0.25) is 0 Å². The van der Waals surface area contributed by atoms with Crippen molar-refractivity contribution in [2.75, 3.05) is 0 Å². The predicted octanol–water partition coefficient (Wildman–Crippen LogP) is 3.67. The summed E-state index contributed by atoms with van der Waals surface area (Å²) in [6, 6.07) is 0. The van der Waals surface area contributed by atoms with E-state index >= 15 is 0 Å². The van der Waals surface area contributed by atoms with Crippen LogP contribution in [0.25, 0.3) is 0 Å². The highest BCUT2D eigenvalue weighted by atomic mass is 19.4. The summed E-state index contributed by atoms with van der Waals surface area (Å²) in [6.45, 7) is 4.38. The van der Waals surface area contributed by atoms with E-state index in [0.717, 1.165) is 32.1 Å². The Kier molecular flexibility index (Phi) is 3.65. The molecule has 27 heavy (non-hydrogen) atoms. The van der Waals surface area contributed by atoms with E-state index in [1.165, 1.54) is 0 Å². The number of aliphatic hydroxyl groups is 1. The van der Waals surface area contributed by atoms with Crippen LogP contribution in [-0.4, -0.2) is 34.7 Å². The fourth-order valence-electron chi connectivity index (χ4n) is 7.25. The number of rotatable bonds is 2. The van der Waals surface area contributed by atoms with Crippen LogP contribution in [-0.2, 0) is 14.3 Å². The SMILES string of the molecule is CC1C2CC(C(=O)OC34CC(O)(C(F)(F)F)OC3C3CCC4C3)C(C2)C1C. The second-order valence-electron chi connectivity index (χ2n) is 9.86. The molecule has 0 amide bonds. The summed E-state index contributed by atoms with van der Waals surface area (Å²) in [5.41, 5.74) is -1.32.